The highest BCUT2D eigenvalue weighted by Crippen LogP contribution is 2.27. The molecule has 0 heterocycles. The second-order valence-corrected chi connectivity index (χ2v) is 5.94. The van der Waals surface area contributed by atoms with Crippen LogP contribution >= 0.6 is 15.9 Å². The number of carbonyl (C=O) groups excluding carboxylic acids is 1. The molecule has 1 aromatic rings. The van der Waals surface area contributed by atoms with Crippen molar-refractivity contribution in [3.05, 3.63) is 27.7 Å². The van der Waals surface area contributed by atoms with Crippen LogP contribution < -0.4 is 5.73 Å². The number of anilines is 1. The number of nitrogens with two attached hydrogens (primary N) is 1. The first-order valence-corrected chi connectivity index (χ1v) is 7.12. The van der Waals surface area contributed by atoms with Gasteiger partial charge in [-0.05, 0) is 37.5 Å². The van der Waals surface area contributed by atoms with Gasteiger partial charge in [0, 0.05) is 28.8 Å². The number of carbonyl (C=O) groups is 1. The van der Waals surface area contributed by atoms with E-state index in [1.54, 1.807) is 0 Å². The Bertz CT molecular complexity index is 467. The number of hydrogen-bond acceptors (Lipinski definition) is 2. The lowest BCUT2D eigenvalue weighted by Gasteiger charge is -2.25. The number of benzene rings is 1. The van der Waals surface area contributed by atoms with E-state index in [2.05, 4.69) is 15.9 Å². The quantitative estimate of drug-likeness (QED) is 0.851. The first-order valence-electron chi connectivity index (χ1n) is 6.33. The van der Waals surface area contributed by atoms with Crippen LogP contribution in [0.3, 0.4) is 0 Å². The Morgan fingerprint density at radius 1 is 1.39 bits per heavy atom. The molecule has 1 amide bonds. The first kappa shape index (κ1) is 13.4. The van der Waals surface area contributed by atoms with Crippen molar-refractivity contribution in [1.82, 2.24) is 4.90 Å². The molecule has 18 heavy (non-hydrogen) atoms. The summed E-state index contributed by atoms with van der Waals surface area (Å²) in [5.41, 5.74) is 8.15. The maximum atomic E-state index is 12.5. The van der Waals surface area contributed by atoms with Crippen LogP contribution in [0.5, 0.6) is 0 Å². The molecule has 1 aliphatic rings. The molecule has 0 saturated heterocycles. The van der Waals surface area contributed by atoms with Crippen LogP contribution in [0.4, 0.5) is 5.69 Å². The zero-order chi connectivity index (χ0) is 13.3. The highest BCUT2D eigenvalue weighted by atomic mass is 79.9. The van der Waals surface area contributed by atoms with Crippen LogP contribution in [0.15, 0.2) is 16.6 Å². The average Bonchev–Trinajstić information content (AvgIpc) is 2.85. The van der Waals surface area contributed by atoms with E-state index in [0.29, 0.717) is 17.3 Å². The zero-order valence-electron chi connectivity index (χ0n) is 10.9. The van der Waals surface area contributed by atoms with Crippen molar-refractivity contribution in [3.8, 4) is 0 Å². The molecule has 2 rings (SSSR count). The van der Waals surface area contributed by atoms with Gasteiger partial charge in [-0.15, -0.1) is 0 Å². The van der Waals surface area contributed by atoms with Gasteiger partial charge in [-0.1, -0.05) is 28.8 Å². The molecule has 0 unspecified atom stereocenters. The van der Waals surface area contributed by atoms with Gasteiger partial charge in [-0.3, -0.25) is 4.79 Å². The first-order chi connectivity index (χ1) is 8.50. The Labute approximate surface area is 116 Å². The molecular formula is C14H19BrN2O. The van der Waals surface area contributed by atoms with Crippen LogP contribution in [0, 0.1) is 6.92 Å². The SMILES string of the molecule is Cc1c(N)cc(Br)cc1C(=O)N(C)C1CCCC1. The highest BCUT2D eigenvalue weighted by Gasteiger charge is 2.25. The molecule has 0 aromatic heterocycles. The van der Waals surface area contributed by atoms with Gasteiger partial charge in [-0.25, -0.2) is 0 Å². The van der Waals surface area contributed by atoms with E-state index in [9.17, 15) is 4.79 Å². The summed E-state index contributed by atoms with van der Waals surface area (Å²) < 4.78 is 0.855. The summed E-state index contributed by atoms with van der Waals surface area (Å²) in [5, 5.41) is 0. The van der Waals surface area contributed by atoms with Crippen LogP contribution in [-0.4, -0.2) is 23.9 Å². The molecule has 4 heteroatoms. The maximum absolute atomic E-state index is 12.5. The van der Waals surface area contributed by atoms with Crippen molar-refractivity contribution in [2.45, 2.75) is 38.6 Å². The molecule has 0 atom stereocenters. The Balaban J connectivity index is 2.27. The Morgan fingerprint density at radius 2 is 2.00 bits per heavy atom. The number of nitrogens with zero attached hydrogens (tertiary/aromatic N) is 1. The van der Waals surface area contributed by atoms with Gasteiger partial charge < -0.3 is 10.6 Å². The lowest BCUT2D eigenvalue weighted by atomic mass is 10.0. The van der Waals surface area contributed by atoms with Crippen molar-refractivity contribution in [2.75, 3.05) is 12.8 Å². The Morgan fingerprint density at radius 3 is 2.61 bits per heavy atom. The van der Waals surface area contributed by atoms with E-state index in [4.69, 9.17) is 5.73 Å². The summed E-state index contributed by atoms with van der Waals surface area (Å²) in [4.78, 5) is 14.4. The van der Waals surface area contributed by atoms with E-state index < -0.39 is 0 Å². The number of nitrogen functional groups attached to an aromatic ring is 1. The average molecular weight is 311 g/mol. The number of halogens is 1. The molecule has 1 saturated carbocycles. The number of hydrogen-bond donors (Lipinski definition) is 1. The smallest absolute Gasteiger partial charge is 0.254 e. The molecule has 2 N–H and O–H groups in total. The zero-order valence-corrected chi connectivity index (χ0v) is 12.5. The van der Waals surface area contributed by atoms with Crippen LogP contribution in [-0.2, 0) is 0 Å². The molecule has 1 aromatic carbocycles. The van der Waals surface area contributed by atoms with Crippen LogP contribution in [0.2, 0.25) is 0 Å². The third kappa shape index (κ3) is 2.53. The van der Waals surface area contributed by atoms with Gasteiger partial charge in [0.25, 0.3) is 5.91 Å². The van der Waals surface area contributed by atoms with E-state index >= 15 is 0 Å². The van der Waals surface area contributed by atoms with E-state index in [-0.39, 0.29) is 5.91 Å². The van der Waals surface area contributed by atoms with Crippen molar-refractivity contribution in [2.24, 2.45) is 0 Å². The standard InChI is InChI=1S/C14H19BrN2O/c1-9-12(7-10(15)8-13(9)16)14(18)17(2)11-5-3-4-6-11/h7-8,11H,3-6,16H2,1-2H3. The molecule has 1 fully saturated rings. The molecule has 0 bridgehead atoms. The summed E-state index contributed by atoms with van der Waals surface area (Å²) >= 11 is 3.40. The van der Waals surface area contributed by atoms with Crippen LogP contribution in [0.25, 0.3) is 0 Å². The normalized spacial score (nSPS) is 15.9. The summed E-state index contributed by atoms with van der Waals surface area (Å²) in [6.45, 7) is 1.90. The predicted octanol–water partition coefficient (Wildman–Crippen LogP) is 3.35. The Hall–Kier alpha value is -1.03. The minimum atomic E-state index is 0.0763. The maximum Gasteiger partial charge on any atom is 0.254 e. The summed E-state index contributed by atoms with van der Waals surface area (Å²) in [6.07, 6.45) is 4.68. The highest BCUT2D eigenvalue weighted by molar-refractivity contribution is 9.10. The molecule has 0 aliphatic heterocycles. The monoisotopic (exact) mass is 310 g/mol. The predicted molar refractivity (Wildman–Crippen MR) is 77.6 cm³/mol. The fraction of sp³-hybridized carbons (Fsp3) is 0.500. The van der Waals surface area contributed by atoms with Gasteiger partial charge in [-0.2, -0.15) is 0 Å². The van der Waals surface area contributed by atoms with Gasteiger partial charge in [0.05, 0.1) is 0 Å². The van der Waals surface area contributed by atoms with E-state index in [1.165, 1.54) is 12.8 Å². The van der Waals surface area contributed by atoms with Gasteiger partial charge in [0.1, 0.15) is 0 Å². The summed E-state index contributed by atoms with van der Waals surface area (Å²) in [5.74, 6) is 0.0763. The van der Waals surface area contributed by atoms with Crippen LogP contribution in [0.1, 0.15) is 41.6 Å². The minimum absolute atomic E-state index is 0.0763. The molecule has 3 nitrogen and oxygen atoms in total. The van der Waals surface area contributed by atoms with Gasteiger partial charge in [0.15, 0.2) is 0 Å². The number of amides is 1. The summed E-state index contributed by atoms with van der Waals surface area (Å²) in [7, 11) is 1.90. The number of rotatable bonds is 2. The second-order valence-electron chi connectivity index (χ2n) is 5.02. The second kappa shape index (κ2) is 5.31. The lowest BCUT2D eigenvalue weighted by Crippen LogP contribution is -2.35. The summed E-state index contributed by atoms with van der Waals surface area (Å²) in [6, 6.07) is 4.08. The lowest BCUT2D eigenvalue weighted by molar-refractivity contribution is 0.0734. The van der Waals surface area contributed by atoms with Crippen molar-refractivity contribution in [1.29, 1.82) is 0 Å². The molecule has 98 valence electrons. The molecule has 0 radical (unpaired) electrons. The Kier molecular flexibility index (Phi) is 3.95. The van der Waals surface area contributed by atoms with Gasteiger partial charge >= 0.3 is 0 Å². The largest absolute Gasteiger partial charge is 0.398 e. The minimum Gasteiger partial charge on any atom is -0.398 e. The van der Waals surface area contributed by atoms with Crippen molar-refractivity contribution in [3.63, 3.8) is 0 Å². The fourth-order valence-electron chi connectivity index (χ4n) is 2.57. The van der Waals surface area contributed by atoms with E-state index in [0.717, 1.165) is 22.9 Å². The molecule has 0 spiro atoms. The topological polar surface area (TPSA) is 46.3 Å². The fourth-order valence-corrected chi connectivity index (χ4v) is 3.05. The third-order valence-corrected chi connectivity index (χ3v) is 4.29. The molecular weight excluding hydrogens is 292 g/mol. The van der Waals surface area contributed by atoms with E-state index in [1.807, 2.05) is 31.0 Å². The van der Waals surface area contributed by atoms with Gasteiger partial charge in [0.2, 0.25) is 0 Å². The van der Waals surface area contributed by atoms with Crippen molar-refractivity contribution < 1.29 is 4.79 Å². The third-order valence-electron chi connectivity index (χ3n) is 3.84. The molecule has 1 aliphatic carbocycles. The van der Waals surface area contributed by atoms with Crippen molar-refractivity contribution >= 4 is 27.5 Å².